The second-order valence-corrected chi connectivity index (χ2v) is 4.02. The predicted octanol–water partition coefficient (Wildman–Crippen LogP) is 1.57. The molecule has 0 unspecified atom stereocenters. The summed E-state index contributed by atoms with van der Waals surface area (Å²) in [6, 6.07) is 2.44. The number of rotatable bonds is 5. The average molecular weight is 252 g/mol. The molecule has 1 saturated carbocycles. The number of methoxy groups -OCH3 is 1. The maximum Gasteiger partial charge on any atom is 0.356 e. The normalized spacial score (nSPS) is 14.1. The van der Waals surface area contributed by atoms with Gasteiger partial charge < -0.3 is 9.47 Å². The van der Waals surface area contributed by atoms with Gasteiger partial charge in [-0.1, -0.05) is 0 Å². The number of ether oxygens (including phenoxy) is 2. The minimum absolute atomic E-state index is 0.00565. The number of nitro groups is 1. The Morgan fingerprint density at radius 1 is 1.56 bits per heavy atom. The van der Waals surface area contributed by atoms with Crippen LogP contribution >= 0.6 is 0 Å². The molecule has 0 radical (unpaired) electrons. The molecule has 1 aliphatic carbocycles. The van der Waals surface area contributed by atoms with Crippen molar-refractivity contribution in [3.05, 3.63) is 27.9 Å². The largest absolute Gasteiger partial charge is 0.472 e. The summed E-state index contributed by atoms with van der Waals surface area (Å²) in [7, 11) is 1.22. The molecule has 7 nitrogen and oxygen atoms in total. The number of pyridine rings is 1. The summed E-state index contributed by atoms with van der Waals surface area (Å²) < 4.78 is 9.80. The van der Waals surface area contributed by atoms with Crippen LogP contribution in [0.1, 0.15) is 23.3 Å². The van der Waals surface area contributed by atoms with Crippen LogP contribution in [0.3, 0.4) is 0 Å². The van der Waals surface area contributed by atoms with Crippen LogP contribution in [0.2, 0.25) is 0 Å². The van der Waals surface area contributed by atoms with Crippen LogP contribution in [-0.2, 0) is 4.74 Å². The second kappa shape index (κ2) is 4.99. The third-order valence-corrected chi connectivity index (χ3v) is 2.58. The molecule has 1 aromatic rings. The molecule has 18 heavy (non-hydrogen) atoms. The highest BCUT2D eigenvalue weighted by atomic mass is 16.6. The zero-order valence-electron chi connectivity index (χ0n) is 9.79. The molecular weight excluding hydrogens is 240 g/mol. The molecule has 0 aromatic carbocycles. The van der Waals surface area contributed by atoms with Crippen molar-refractivity contribution in [1.82, 2.24) is 4.98 Å². The quantitative estimate of drug-likeness (QED) is 0.448. The van der Waals surface area contributed by atoms with E-state index in [1.807, 2.05) is 0 Å². The van der Waals surface area contributed by atoms with E-state index in [1.165, 1.54) is 19.2 Å². The van der Waals surface area contributed by atoms with Gasteiger partial charge in [0.2, 0.25) is 0 Å². The van der Waals surface area contributed by atoms with Gasteiger partial charge in [0.15, 0.2) is 5.69 Å². The molecule has 0 N–H and O–H groups in total. The molecule has 96 valence electrons. The van der Waals surface area contributed by atoms with Gasteiger partial charge in [0.25, 0.3) is 5.88 Å². The van der Waals surface area contributed by atoms with Crippen LogP contribution in [0.4, 0.5) is 5.69 Å². The first-order valence-corrected chi connectivity index (χ1v) is 5.48. The van der Waals surface area contributed by atoms with Gasteiger partial charge in [0, 0.05) is 6.07 Å². The molecular formula is C11H12N2O5. The summed E-state index contributed by atoms with van der Waals surface area (Å²) >= 11 is 0. The van der Waals surface area contributed by atoms with Gasteiger partial charge in [-0.3, -0.25) is 10.1 Å². The van der Waals surface area contributed by atoms with Gasteiger partial charge in [-0.15, -0.1) is 0 Å². The summed E-state index contributed by atoms with van der Waals surface area (Å²) in [5, 5.41) is 10.8. The molecule has 2 rings (SSSR count). The Bertz CT molecular complexity index is 484. The molecule has 7 heteroatoms. The topological polar surface area (TPSA) is 91.6 Å². The summed E-state index contributed by atoms with van der Waals surface area (Å²) in [4.78, 5) is 25.3. The zero-order valence-corrected chi connectivity index (χ0v) is 9.79. The molecule has 1 aliphatic rings. The summed E-state index contributed by atoms with van der Waals surface area (Å²) in [5.74, 6) is -0.343. The van der Waals surface area contributed by atoms with Crippen molar-refractivity contribution in [3.63, 3.8) is 0 Å². The molecule has 0 spiro atoms. The van der Waals surface area contributed by atoms with Crippen molar-refractivity contribution < 1.29 is 19.2 Å². The van der Waals surface area contributed by atoms with E-state index in [-0.39, 0.29) is 17.3 Å². The van der Waals surface area contributed by atoms with E-state index < -0.39 is 10.9 Å². The molecule has 1 aromatic heterocycles. The van der Waals surface area contributed by atoms with E-state index in [2.05, 4.69) is 9.72 Å². The van der Waals surface area contributed by atoms with Gasteiger partial charge in [-0.2, -0.15) is 0 Å². The van der Waals surface area contributed by atoms with Crippen LogP contribution < -0.4 is 4.74 Å². The minimum atomic E-state index is -0.652. The first-order valence-electron chi connectivity index (χ1n) is 5.48. The van der Waals surface area contributed by atoms with E-state index in [0.29, 0.717) is 12.5 Å². The Balaban J connectivity index is 2.24. The monoisotopic (exact) mass is 252 g/mol. The van der Waals surface area contributed by atoms with Crippen molar-refractivity contribution in [3.8, 4) is 5.88 Å². The van der Waals surface area contributed by atoms with Crippen molar-refractivity contribution in [2.24, 2.45) is 5.92 Å². The molecule has 0 amide bonds. The predicted molar refractivity (Wildman–Crippen MR) is 60.4 cm³/mol. The van der Waals surface area contributed by atoms with Gasteiger partial charge in [-0.25, -0.2) is 9.78 Å². The fourth-order valence-electron chi connectivity index (χ4n) is 1.38. The highest BCUT2D eigenvalue weighted by Gasteiger charge is 2.25. The van der Waals surface area contributed by atoms with Crippen LogP contribution in [0, 0.1) is 16.0 Å². The highest BCUT2D eigenvalue weighted by molar-refractivity contribution is 5.87. The summed E-state index contributed by atoms with van der Waals surface area (Å²) in [6.07, 6.45) is 2.12. The fourth-order valence-corrected chi connectivity index (χ4v) is 1.38. The molecule has 1 heterocycles. The van der Waals surface area contributed by atoms with Crippen LogP contribution in [0.15, 0.2) is 12.1 Å². The fraction of sp³-hybridized carbons (Fsp3) is 0.455. The average Bonchev–Trinajstić information content (AvgIpc) is 3.18. The Kier molecular flexibility index (Phi) is 3.40. The summed E-state index contributed by atoms with van der Waals surface area (Å²) in [6.45, 7) is 0.387. The lowest BCUT2D eigenvalue weighted by Crippen LogP contribution is -2.09. The van der Waals surface area contributed by atoms with Crippen LogP contribution in [0.25, 0.3) is 0 Å². The second-order valence-electron chi connectivity index (χ2n) is 4.02. The summed E-state index contributed by atoms with van der Waals surface area (Å²) in [5.41, 5.74) is -0.253. The van der Waals surface area contributed by atoms with E-state index >= 15 is 0 Å². The zero-order chi connectivity index (χ0) is 13.1. The third kappa shape index (κ3) is 2.73. The maximum absolute atomic E-state index is 11.3. The number of carbonyl (C=O) groups is 1. The number of aromatic nitrogens is 1. The van der Waals surface area contributed by atoms with Gasteiger partial charge in [0.05, 0.1) is 18.6 Å². The Morgan fingerprint density at radius 2 is 2.28 bits per heavy atom. The Labute approximate surface area is 103 Å². The van der Waals surface area contributed by atoms with Gasteiger partial charge in [0.1, 0.15) is 0 Å². The first-order chi connectivity index (χ1) is 8.61. The van der Waals surface area contributed by atoms with Gasteiger partial charge in [-0.05, 0) is 24.8 Å². The van der Waals surface area contributed by atoms with Crippen molar-refractivity contribution >= 4 is 11.7 Å². The van der Waals surface area contributed by atoms with E-state index in [0.717, 1.165) is 12.8 Å². The number of esters is 1. The third-order valence-electron chi connectivity index (χ3n) is 2.58. The lowest BCUT2D eigenvalue weighted by atomic mass is 10.3. The van der Waals surface area contributed by atoms with Crippen molar-refractivity contribution in [2.45, 2.75) is 12.8 Å². The molecule has 0 saturated heterocycles. The standard InChI is InChI=1S/C11H12N2O5/c1-17-11(14)8-4-5-9(13(15)16)10(12-8)18-6-7-2-3-7/h4-5,7H,2-3,6H2,1H3. The molecule has 0 aliphatic heterocycles. The van der Waals surface area contributed by atoms with E-state index in [4.69, 9.17) is 4.74 Å². The molecule has 0 bridgehead atoms. The van der Waals surface area contributed by atoms with E-state index in [1.54, 1.807) is 0 Å². The number of nitrogens with zero attached hydrogens (tertiary/aromatic N) is 2. The Hall–Kier alpha value is -2.18. The number of carbonyl (C=O) groups excluding carboxylic acids is 1. The number of hydrogen-bond acceptors (Lipinski definition) is 6. The SMILES string of the molecule is COC(=O)c1ccc([N+](=O)[O-])c(OCC2CC2)n1. The first kappa shape index (κ1) is 12.3. The maximum atomic E-state index is 11.3. The highest BCUT2D eigenvalue weighted by Crippen LogP contribution is 2.31. The Morgan fingerprint density at radius 3 is 2.83 bits per heavy atom. The van der Waals surface area contributed by atoms with Crippen molar-refractivity contribution in [2.75, 3.05) is 13.7 Å². The van der Waals surface area contributed by atoms with Crippen LogP contribution in [-0.4, -0.2) is 29.6 Å². The minimum Gasteiger partial charge on any atom is -0.472 e. The lowest BCUT2D eigenvalue weighted by Gasteiger charge is -2.06. The van der Waals surface area contributed by atoms with E-state index in [9.17, 15) is 14.9 Å². The molecule has 0 atom stereocenters. The lowest BCUT2D eigenvalue weighted by molar-refractivity contribution is -0.386. The van der Waals surface area contributed by atoms with Crippen molar-refractivity contribution in [1.29, 1.82) is 0 Å². The van der Waals surface area contributed by atoms with Crippen LogP contribution in [0.5, 0.6) is 5.88 Å². The smallest absolute Gasteiger partial charge is 0.356 e. The number of hydrogen-bond donors (Lipinski definition) is 0. The van der Waals surface area contributed by atoms with Gasteiger partial charge >= 0.3 is 11.7 Å². The molecule has 1 fully saturated rings.